The van der Waals surface area contributed by atoms with Crippen molar-refractivity contribution in [1.82, 2.24) is 14.8 Å². The molecular weight excluding hydrogens is 246 g/mol. The molecule has 2 aromatic rings. The molecule has 0 bridgehead atoms. The Hall–Kier alpha value is -1.36. The predicted molar refractivity (Wildman–Crippen MR) is 55.2 cm³/mol. The maximum Gasteiger partial charge on any atom is 0.238 e. The fourth-order valence-electron chi connectivity index (χ4n) is 1.01. The zero-order valence-corrected chi connectivity index (χ0v) is 9.10. The maximum absolute atomic E-state index is 5.51. The molecule has 0 radical (unpaired) electrons. The number of aryl methyl sites for hydroxylation is 1. The number of hydrogen-bond acceptors (Lipinski definition) is 3. The normalized spacial score (nSPS) is 10.1. The van der Waals surface area contributed by atoms with Crippen LogP contribution < -0.4 is 4.74 Å². The molecule has 0 N–H and O–H groups in total. The summed E-state index contributed by atoms with van der Waals surface area (Å²) in [5, 5.41) is 4.10. The Morgan fingerprint density at radius 2 is 2.29 bits per heavy atom. The van der Waals surface area contributed by atoms with Gasteiger partial charge in [-0.3, -0.25) is 9.67 Å². The molecule has 0 saturated carbocycles. The first-order valence-corrected chi connectivity index (χ1v) is 4.82. The molecule has 2 heterocycles. The summed E-state index contributed by atoms with van der Waals surface area (Å²) >= 11 is 3.34. The number of pyridine rings is 1. The standard InChI is InChI=1S/C9H8BrN3O/c1-13-5-3-9(12-13)14-8-2-4-11-6-7(8)10/h2-6H,1H3. The van der Waals surface area contributed by atoms with Crippen molar-refractivity contribution in [3.63, 3.8) is 0 Å². The lowest BCUT2D eigenvalue weighted by atomic mass is 10.4. The van der Waals surface area contributed by atoms with Gasteiger partial charge in [0.1, 0.15) is 5.75 Å². The monoisotopic (exact) mass is 253 g/mol. The number of aromatic nitrogens is 3. The first-order chi connectivity index (χ1) is 6.75. The van der Waals surface area contributed by atoms with Gasteiger partial charge in [0.2, 0.25) is 5.88 Å². The zero-order valence-electron chi connectivity index (χ0n) is 7.51. The van der Waals surface area contributed by atoms with Gasteiger partial charge in [-0.25, -0.2) is 0 Å². The van der Waals surface area contributed by atoms with Gasteiger partial charge in [0, 0.05) is 37.8 Å². The fourth-order valence-corrected chi connectivity index (χ4v) is 1.34. The van der Waals surface area contributed by atoms with Crippen molar-refractivity contribution in [3.8, 4) is 11.6 Å². The number of ether oxygens (including phenoxy) is 1. The smallest absolute Gasteiger partial charge is 0.238 e. The molecule has 14 heavy (non-hydrogen) atoms. The van der Waals surface area contributed by atoms with E-state index in [-0.39, 0.29) is 0 Å². The molecule has 5 heteroatoms. The lowest BCUT2D eigenvalue weighted by Gasteiger charge is -2.02. The number of rotatable bonds is 2. The average Bonchev–Trinajstić information content (AvgIpc) is 2.56. The minimum Gasteiger partial charge on any atom is -0.436 e. The molecule has 0 aliphatic carbocycles. The minimum atomic E-state index is 0.569. The summed E-state index contributed by atoms with van der Waals surface area (Å²) in [7, 11) is 1.84. The molecule has 0 spiro atoms. The van der Waals surface area contributed by atoms with Crippen LogP contribution in [0.4, 0.5) is 0 Å². The van der Waals surface area contributed by atoms with E-state index in [1.165, 1.54) is 0 Å². The van der Waals surface area contributed by atoms with Crippen LogP contribution in [0.25, 0.3) is 0 Å². The predicted octanol–water partition coefficient (Wildman–Crippen LogP) is 2.37. The molecule has 0 atom stereocenters. The third-order valence-corrected chi connectivity index (χ3v) is 2.23. The molecular formula is C9H8BrN3O. The third-order valence-electron chi connectivity index (χ3n) is 1.64. The van der Waals surface area contributed by atoms with Crippen molar-refractivity contribution in [2.24, 2.45) is 7.05 Å². The van der Waals surface area contributed by atoms with E-state index in [1.54, 1.807) is 29.2 Å². The second-order valence-electron chi connectivity index (χ2n) is 2.74. The van der Waals surface area contributed by atoms with Crippen LogP contribution in [0.15, 0.2) is 35.2 Å². The zero-order chi connectivity index (χ0) is 9.97. The average molecular weight is 254 g/mol. The summed E-state index contributed by atoms with van der Waals surface area (Å²) in [4.78, 5) is 3.94. The molecule has 0 aromatic carbocycles. The SMILES string of the molecule is Cn1ccc(Oc2ccncc2Br)n1. The summed E-state index contributed by atoms with van der Waals surface area (Å²) in [5.41, 5.74) is 0. The van der Waals surface area contributed by atoms with E-state index in [4.69, 9.17) is 4.74 Å². The first kappa shape index (κ1) is 9.21. The van der Waals surface area contributed by atoms with Gasteiger partial charge >= 0.3 is 0 Å². The molecule has 0 unspecified atom stereocenters. The Morgan fingerprint density at radius 3 is 2.93 bits per heavy atom. The van der Waals surface area contributed by atoms with Gasteiger partial charge in [-0.1, -0.05) is 0 Å². The molecule has 0 fully saturated rings. The first-order valence-electron chi connectivity index (χ1n) is 4.03. The van der Waals surface area contributed by atoms with E-state index in [1.807, 2.05) is 13.2 Å². The highest BCUT2D eigenvalue weighted by atomic mass is 79.9. The lowest BCUT2D eigenvalue weighted by Crippen LogP contribution is -1.90. The van der Waals surface area contributed by atoms with Crippen LogP contribution in [-0.4, -0.2) is 14.8 Å². The van der Waals surface area contributed by atoms with Crippen LogP contribution in [0.5, 0.6) is 11.6 Å². The van der Waals surface area contributed by atoms with Crippen molar-refractivity contribution in [1.29, 1.82) is 0 Å². The lowest BCUT2D eigenvalue weighted by molar-refractivity contribution is 0.450. The van der Waals surface area contributed by atoms with Crippen LogP contribution in [0.3, 0.4) is 0 Å². The maximum atomic E-state index is 5.51. The summed E-state index contributed by atoms with van der Waals surface area (Å²) < 4.78 is 8.01. The summed E-state index contributed by atoms with van der Waals surface area (Å²) in [6.07, 6.45) is 5.17. The van der Waals surface area contributed by atoms with Gasteiger partial charge in [-0.2, -0.15) is 0 Å². The van der Waals surface area contributed by atoms with Crippen molar-refractivity contribution < 1.29 is 4.74 Å². The molecule has 4 nitrogen and oxygen atoms in total. The quantitative estimate of drug-likeness (QED) is 0.825. The Kier molecular flexibility index (Phi) is 2.49. The molecule has 72 valence electrons. The van der Waals surface area contributed by atoms with Crippen molar-refractivity contribution in [2.75, 3.05) is 0 Å². The molecule has 2 aromatic heterocycles. The van der Waals surface area contributed by atoms with Crippen LogP contribution >= 0.6 is 15.9 Å². The van der Waals surface area contributed by atoms with E-state index in [9.17, 15) is 0 Å². The van der Waals surface area contributed by atoms with Gasteiger partial charge in [-0.05, 0) is 15.9 Å². The van der Waals surface area contributed by atoms with Gasteiger partial charge < -0.3 is 4.74 Å². The number of nitrogens with zero attached hydrogens (tertiary/aromatic N) is 3. The third kappa shape index (κ3) is 1.93. The van der Waals surface area contributed by atoms with E-state index in [2.05, 4.69) is 26.0 Å². The van der Waals surface area contributed by atoms with Gasteiger partial charge in [0.15, 0.2) is 0 Å². The number of hydrogen-bond donors (Lipinski definition) is 0. The Balaban J connectivity index is 2.23. The molecule has 0 aliphatic rings. The van der Waals surface area contributed by atoms with Crippen molar-refractivity contribution >= 4 is 15.9 Å². The summed E-state index contributed by atoms with van der Waals surface area (Å²) in [5.74, 6) is 1.28. The van der Waals surface area contributed by atoms with E-state index in [0.717, 1.165) is 4.47 Å². The van der Waals surface area contributed by atoms with Gasteiger partial charge in [-0.15, -0.1) is 5.10 Å². The van der Waals surface area contributed by atoms with Gasteiger partial charge in [0.05, 0.1) is 4.47 Å². The summed E-state index contributed by atoms with van der Waals surface area (Å²) in [6, 6.07) is 3.58. The van der Waals surface area contributed by atoms with Crippen LogP contribution in [0, 0.1) is 0 Å². The second-order valence-corrected chi connectivity index (χ2v) is 3.59. The summed E-state index contributed by atoms with van der Waals surface area (Å²) in [6.45, 7) is 0. The molecule has 0 saturated heterocycles. The second kappa shape index (κ2) is 3.79. The highest BCUT2D eigenvalue weighted by Gasteiger charge is 2.03. The molecule has 0 amide bonds. The molecule has 2 rings (SSSR count). The van der Waals surface area contributed by atoms with Crippen LogP contribution in [-0.2, 0) is 7.05 Å². The Labute approximate surface area is 89.7 Å². The van der Waals surface area contributed by atoms with E-state index >= 15 is 0 Å². The van der Waals surface area contributed by atoms with Crippen LogP contribution in [0.1, 0.15) is 0 Å². The number of halogens is 1. The Morgan fingerprint density at radius 1 is 1.43 bits per heavy atom. The highest BCUT2D eigenvalue weighted by molar-refractivity contribution is 9.10. The molecule has 0 aliphatic heterocycles. The van der Waals surface area contributed by atoms with Gasteiger partial charge in [0.25, 0.3) is 0 Å². The fraction of sp³-hybridized carbons (Fsp3) is 0.111. The van der Waals surface area contributed by atoms with Crippen LogP contribution in [0.2, 0.25) is 0 Å². The Bertz CT molecular complexity index is 441. The van der Waals surface area contributed by atoms with Crippen molar-refractivity contribution in [3.05, 3.63) is 35.2 Å². The topological polar surface area (TPSA) is 39.9 Å². The highest BCUT2D eigenvalue weighted by Crippen LogP contribution is 2.26. The largest absolute Gasteiger partial charge is 0.436 e. The van der Waals surface area contributed by atoms with Crippen molar-refractivity contribution in [2.45, 2.75) is 0 Å². The van der Waals surface area contributed by atoms with E-state index in [0.29, 0.717) is 11.6 Å². The van der Waals surface area contributed by atoms with E-state index < -0.39 is 0 Å². The minimum absolute atomic E-state index is 0.569.